The Kier molecular flexibility index (Phi) is 6.90. The molecular weight excluding hydrogens is 401 g/mol. The number of halogens is 4. The molecule has 0 spiro atoms. The van der Waals surface area contributed by atoms with Crippen LogP contribution in [-0.2, 0) is 5.54 Å². The Labute approximate surface area is 179 Å². The van der Waals surface area contributed by atoms with Crippen LogP contribution in [0.2, 0.25) is 0 Å². The van der Waals surface area contributed by atoms with E-state index in [4.69, 9.17) is 0 Å². The van der Waals surface area contributed by atoms with E-state index in [-0.39, 0.29) is 0 Å². The monoisotopic (exact) mass is 423 g/mol. The summed E-state index contributed by atoms with van der Waals surface area (Å²) in [7, 11) is -6.00. The topological polar surface area (TPSA) is 3.88 Å². The molecule has 0 bridgehead atoms. The third-order valence-electron chi connectivity index (χ3n) is 4.91. The van der Waals surface area contributed by atoms with E-state index in [1.54, 1.807) is 0 Å². The molecule has 1 heterocycles. The summed E-state index contributed by atoms with van der Waals surface area (Å²) in [4.78, 5) is 0. The van der Waals surface area contributed by atoms with E-state index in [0.29, 0.717) is 0 Å². The standard InChI is InChI=1S/C25H22N.BF4/c1-21-12-11-19-26(20-21)25(22-13-5-2-6-14-22,23-15-7-3-8-16-23)24-17-9-4-10-18-24;2-1(3,4)5/h2-20H,1H3;/q+1;-1. The average molecular weight is 423 g/mol. The van der Waals surface area contributed by atoms with Crippen LogP contribution in [-0.4, -0.2) is 7.25 Å². The molecule has 31 heavy (non-hydrogen) atoms. The highest BCUT2D eigenvalue weighted by Crippen LogP contribution is 2.36. The van der Waals surface area contributed by atoms with E-state index in [1.165, 1.54) is 22.3 Å². The quantitative estimate of drug-likeness (QED) is 0.154. The Balaban J connectivity index is 0.000000491. The van der Waals surface area contributed by atoms with Crippen LogP contribution in [0.25, 0.3) is 0 Å². The summed E-state index contributed by atoms with van der Waals surface area (Å²) in [5, 5.41) is 0. The molecule has 0 saturated carbocycles. The number of nitrogens with zero attached hydrogens (tertiary/aromatic N) is 1. The normalized spacial score (nSPS) is 11.4. The molecule has 0 N–H and O–H groups in total. The minimum absolute atomic E-state index is 0.421. The summed E-state index contributed by atoms with van der Waals surface area (Å²) in [6, 6.07) is 36.5. The van der Waals surface area contributed by atoms with Crippen molar-refractivity contribution < 1.29 is 21.8 Å². The summed E-state index contributed by atoms with van der Waals surface area (Å²) < 4.78 is 41.3. The van der Waals surface area contributed by atoms with Gasteiger partial charge in [0.1, 0.15) is 0 Å². The lowest BCUT2D eigenvalue weighted by atomic mass is 9.76. The Bertz CT molecular complexity index is 982. The molecule has 0 aliphatic heterocycles. The second kappa shape index (κ2) is 9.60. The fourth-order valence-corrected chi connectivity index (χ4v) is 3.79. The fraction of sp³-hybridized carbons (Fsp3) is 0.0800. The first-order chi connectivity index (χ1) is 14.8. The summed E-state index contributed by atoms with van der Waals surface area (Å²) in [5.74, 6) is 0. The number of benzene rings is 3. The van der Waals surface area contributed by atoms with Gasteiger partial charge in [0.05, 0.1) is 0 Å². The Morgan fingerprint density at radius 2 is 0.935 bits per heavy atom. The molecule has 0 aliphatic rings. The maximum Gasteiger partial charge on any atom is 0.673 e. The Morgan fingerprint density at radius 1 is 0.581 bits per heavy atom. The van der Waals surface area contributed by atoms with E-state index < -0.39 is 12.8 Å². The first-order valence-corrected chi connectivity index (χ1v) is 9.84. The van der Waals surface area contributed by atoms with Crippen LogP contribution in [0.3, 0.4) is 0 Å². The molecule has 1 nitrogen and oxygen atoms in total. The molecule has 1 aromatic heterocycles. The molecule has 0 saturated heterocycles. The Hall–Kier alpha value is -3.41. The summed E-state index contributed by atoms with van der Waals surface area (Å²) >= 11 is 0. The number of aryl methyl sites for hydroxylation is 1. The van der Waals surface area contributed by atoms with Crippen molar-refractivity contribution >= 4 is 7.25 Å². The van der Waals surface area contributed by atoms with Gasteiger partial charge in [-0.2, -0.15) is 4.57 Å². The summed E-state index contributed by atoms with van der Waals surface area (Å²) in [6.07, 6.45) is 4.40. The highest BCUT2D eigenvalue weighted by molar-refractivity contribution is 6.50. The lowest BCUT2D eigenvalue weighted by molar-refractivity contribution is -0.734. The zero-order chi connectivity index (χ0) is 22.3. The smallest absolute Gasteiger partial charge is 0.418 e. The maximum atomic E-state index is 9.75. The van der Waals surface area contributed by atoms with Crippen molar-refractivity contribution in [2.24, 2.45) is 0 Å². The van der Waals surface area contributed by atoms with Crippen molar-refractivity contribution in [2.75, 3.05) is 0 Å². The van der Waals surface area contributed by atoms with Gasteiger partial charge in [0, 0.05) is 28.3 Å². The Morgan fingerprint density at radius 3 is 1.26 bits per heavy atom. The van der Waals surface area contributed by atoms with Gasteiger partial charge in [-0.15, -0.1) is 0 Å². The van der Waals surface area contributed by atoms with E-state index in [0.717, 1.165) is 0 Å². The molecule has 0 amide bonds. The second-order valence-corrected chi connectivity index (χ2v) is 7.09. The van der Waals surface area contributed by atoms with Gasteiger partial charge in [-0.25, -0.2) is 0 Å². The predicted molar refractivity (Wildman–Crippen MR) is 116 cm³/mol. The molecule has 0 atom stereocenters. The zero-order valence-electron chi connectivity index (χ0n) is 17.0. The molecular formula is C25H22BF4N. The van der Waals surface area contributed by atoms with Crippen molar-refractivity contribution in [3.05, 3.63) is 138 Å². The molecule has 0 aliphatic carbocycles. The van der Waals surface area contributed by atoms with Crippen LogP contribution in [0, 0.1) is 6.92 Å². The van der Waals surface area contributed by atoms with Crippen molar-refractivity contribution in [2.45, 2.75) is 12.5 Å². The van der Waals surface area contributed by atoms with Crippen LogP contribution >= 0.6 is 0 Å². The number of aromatic nitrogens is 1. The van der Waals surface area contributed by atoms with Crippen LogP contribution < -0.4 is 4.57 Å². The SMILES string of the molecule is Cc1ccc[n+](C(c2ccccc2)(c2ccccc2)c2ccccc2)c1.F[B-](F)(F)F. The van der Waals surface area contributed by atoms with Gasteiger partial charge in [0.2, 0.25) is 5.54 Å². The second-order valence-electron chi connectivity index (χ2n) is 7.09. The lowest BCUT2D eigenvalue weighted by Crippen LogP contribution is -2.58. The number of hydrogen-bond acceptors (Lipinski definition) is 0. The minimum atomic E-state index is -6.00. The van der Waals surface area contributed by atoms with Crippen LogP contribution in [0.5, 0.6) is 0 Å². The molecule has 4 rings (SSSR count). The fourth-order valence-electron chi connectivity index (χ4n) is 3.79. The van der Waals surface area contributed by atoms with E-state index in [2.05, 4.69) is 127 Å². The van der Waals surface area contributed by atoms with E-state index in [9.17, 15) is 17.3 Å². The van der Waals surface area contributed by atoms with Gasteiger partial charge < -0.3 is 17.3 Å². The van der Waals surface area contributed by atoms with Gasteiger partial charge in [-0.1, -0.05) is 91.0 Å². The van der Waals surface area contributed by atoms with Crippen LogP contribution in [0.4, 0.5) is 17.3 Å². The average Bonchev–Trinajstić information content (AvgIpc) is 2.76. The zero-order valence-corrected chi connectivity index (χ0v) is 17.0. The van der Waals surface area contributed by atoms with Gasteiger partial charge in [0.15, 0.2) is 12.4 Å². The lowest BCUT2D eigenvalue weighted by Gasteiger charge is -2.30. The largest absolute Gasteiger partial charge is 0.673 e. The maximum absolute atomic E-state index is 9.75. The van der Waals surface area contributed by atoms with Gasteiger partial charge >= 0.3 is 7.25 Å². The molecule has 6 heteroatoms. The molecule has 4 aromatic rings. The highest BCUT2D eigenvalue weighted by atomic mass is 19.5. The third-order valence-corrected chi connectivity index (χ3v) is 4.91. The highest BCUT2D eigenvalue weighted by Gasteiger charge is 2.45. The summed E-state index contributed by atoms with van der Waals surface area (Å²) in [5.41, 5.74) is 4.55. The van der Waals surface area contributed by atoms with Crippen molar-refractivity contribution in [1.29, 1.82) is 0 Å². The van der Waals surface area contributed by atoms with Crippen molar-refractivity contribution in [3.8, 4) is 0 Å². The first kappa shape index (κ1) is 22.3. The predicted octanol–water partition coefficient (Wildman–Crippen LogP) is 6.42. The van der Waals surface area contributed by atoms with E-state index in [1.807, 2.05) is 0 Å². The molecule has 0 fully saturated rings. The number of hydrogen-bond donors (Lipinski definition) is 0. The molecule has 3 aromatic carbocycles. The first-order valence-electron chi connectivity index (χ1n) is 9.84. The molecule has 0 unspecified atom stereocenters. The van der Waals surface area contributed by atoms with Crippen LogP contribution in [0.1, 0.15) is 22.3 Å². The van der Waals surface area contributed by atoms with Crippen molar-refractivity contribution in [3.63, 3.8) is 0 Å². The van der Waals surface area contributed by atoms with Crippen molar-refractivity contribution in [1.82, 2.24) is 0 Å². The minimum Gasteiger partial charge on any atom is -0.418 e. The molecule has 158 valence electrons. The van der Waals surface area contributed by atoms with Gasteiger partial charge in [-0.3, -0.25) is 0 Å². The van der Waals surface area contributed by atoms with Gasteiger partial charge in [-0.05, 0) is 13.0 Å². The third kappa shape index (κ3) is 5.40. The van der Waals surface area contributed by atoms with Gasteiger partial charge in [0.25, 0.3) is 0 Å². The summed E-state index contributed by atoms with van der Waals surface area (Å²) in [6.45, 7) is 2.14. The van der Waals surface area contributed by atoms with E-state index >= 15 is 0 Å². The number of rotatable bonds is 4. The molecule has 0 radical (unpaired) electrons. The number of pyridine rings is 1. The van der Waals surface area contributed by atoms with Crippen LogP contribution in [0.15, 0.2) is 116 Å².